The fourth-order valence-corrected chi connectivity index (χ4v) is 1.50. The van der Waals surface area contributed by atoms with Crippen LogP contribution < -0.4 is 0 Å². The lowest BCUT2D eigenvalue weighted by atomic mass is 10.2. The molecule has 0 unspecified atom stereocenters. The molecule has 0 spiro atoms. The van der Waals surface area contributed by atoms with Crippen LogP contribution >= 0.6 is 0 Å². The van der Waals surface area contributed by atoms with Crippen molar-refractivity contribution in [2.24, 2.45) is 0 Å². The summed E-state index contributed by atoms with van der Waals surface area (Å²) in [7, 11) is 0. The van der Waals surface area contributed by atoms with E-state index in [1.165, 1.54) is 0 Å². The molecule has 0 saturated heterocycles. The summed E-state index contributed by atoms with van der Waals surface area (Å²) in [5, 5.41) is 8.50. The smallest absolute Gasteiger partial charge is 0.328 e. The summed E-state index contributed by atoms with van der Waals surface area (Å²) in [6.07, 6.45) is 6.10. The van der Waals surface area contributed by atoms with Gasteiger partial charge in [0.15, 0.2) is 0 Å². The van der Waals surface area contributed by atoms with Crippen molar-refractivity contribution in [3.05, 3.63) is 42.2 Å². The SMILES string of the molecule is CCCN(Cc1cccnc1)C(=O)/C=C/C(=O)O. The van der Waals surface area contributed by atoms with Crippen LogP contribution in [0.1, 0.15) is 18.9 Å². The van der Waals surface area contributed by atoms with E-state index in [4.69, 9.17) is 5.11 Å². The summed E-state index contributed by atoms with van der Waals surface area (Å²) < 4.78 is 0. The third-order valence-corrected chi connectivity index (χ3v) is 2.27. The Kier molecular flexibility index (Phi) is 5.57. The minimum absolute atomic E-state index is 0.303. The van der Waals surface area contributed by atoms with E-state index in [0.717, 1.165) is 24.1 Å². The van der Waals surface area contributed by atoms with Gasteiger partial charge in [-0.15, -0.1) is 0 Å². The van der Waals surface area contributed by atoms with Gasteiger partial charge in [0.2, 0.25) is 5.91 Å². The van der Waals surface area contributed by atoms with Gasteiger partial charge < -0.3 is 10.0 Å². The number of carbonyl (C=O) groups is 2. The Bertz CT molecular complexity index is 429. The number of aliphatic carboxylic acids is 1. The molecule has 0 atom stereocenters. The number of pyridine rings is 1. The second-order valence-corrected chi connectivity index (χ2v) is 3.79. The summed E-state index contributed by atoms with van der Waals surface area (Å²) in [4.78, 5) is 27.7. The maximum Gasteiger partial charge on any atom is 0.328 e. The molecule has 0 saturated carbocycles. The zero-order valence-corrected chi connectivity index (χ0v) is 10.2. The summed E-state index contributed by atoms with van der Waals surface area (Å²) in [6, 6.07) is 3.68. The molecule has 1 aromatic rings. The second kappa shape index (κ2) is 7.21. The number of hydrogen-bond donors (Lipinski definition) is 1. The molecule has 18 heavy (non-hydrogen) atoms. The fraction of sp³-hybridized carbons (Fsp3) is 0.308. The van der Waals surface area contributed by atoms with Crippen LogP contribution in [0.5, 0.6) is 0 Å². The first-order valence-corrected chi connectivity index (χ1v) is 5.72. The van der Waals surface area contributed by atoms with Crippen molar-refractivity contribution in [3.8, 4) is 0 Å². The lowest BCUT2D eigenvalue weighted by Gasteiger charge is -2.20. The predicted molar refractivity (Wildman–Crippen MR) is 66.7 cm³/mol. The molecule has 96 valence electrons. The number of aromatic nitrogens is 1. The monoisotopic (exact) mass is 248 g/mol. The molecule has 1 aromatic heterocycles. The van der Waals surface area contributed by atoms with Gasteiger partial charge in [-0.05, 0) is 18.1 Å². The third kappa shape index (κ3) is 4.78. The maximum atomic E-state index is 11.8. The highest BCUT2D eigenvalue weighted by molar-refractivity contribution is 5.93. The molecule has 5 nitrogen and oxygen atoms in total. The highest BCUT2D eigenvalue weighted by atomic mass is 16.4. The van der Waals surface area contributed by atoms with Gasteiger partial charge in [-0.1, -0.05) is 13.0 Å². The fourth-order valence-electron chi connectivity index (χ4n) is 1.50. The lowest BCUT2D eigenvalue weighted by molar-refractivity contribution is -0.132. The Morgan fingerprint density at radius 3 is 2.78 bits per heavy atom. The van der Waals surface area contributed by atoms with E-state index in [-0.39, 0.29) is 5.91 Å². The molecule has 0 aromatic carbocycles. The molecule has 1 rings (SSSR count). The van der Waals surface area contributed by atoms with Gasteiger partial charge in [-0.3, -0.25) is 9.78 Å². The van der Waals surface area contributed by atoms with E-state index in [1.807, 2.05) is 13.0 Å². The molecule has 1 N–H and O–H groups in total. The molecule has 1 amide bonds. The van der Waals surface area contributed by atoms with E-state index < -0.39 is 5.97 Å². The quantitative estimate of drug-likeness (QED) is 0.774. The van der Waals surface area contributed by atoms with E-state index >= 15 is 0 Å². The maximum absolute atomic E-state index is 11.8. The van der Waals surface area contributed by atoms with Gasteiger partial charge in [0.05, 0.1) is 0 Å². The van der Waals surface area contributed by atoms with Crippen molar-refractivity contribution >= 4 is 11.9 Å². The van der Waals surface area contributed by atoms with Crippen molar-refractivity contribution in [1.82, 2.24) is 9.88 Å². The van der Waals surface area contributed by atoms with Crippen LogP contribution in [0.15, 0.2) is 36.7 Å². The first kappa shape index (κ1) is 13.9. The minimum atomic E-state index is -1.12. The number of nitrogens with zero attached hydrogens (tertiary/aromatic N) is 2. The average Bonchev–Trinajstić information content (AvgIpc) is 2.36. The van der Waals surface area contributed by atoms with Crippen molar-refractivity contribution in [3.63, 3.8) is 0 Å². The predicted octanol–water partition coefficient (Wildman–Crippen LogP) is 1.46. The summed E-state index contributed by atoms with van der Waals surface area (Å²) in [5.74, 6) is -1.43. The first-order valence-electron chi connectivity index (χ1n) is 5.72. The molecule has 0 aliphatic rings. The normalized spacial score (nSPS) is 10.5. The Hall–Kier alpha value is -2.17. The Morgan fingerprint density at radius 2 is 2.22 bits per heavy atom. The number of rotatable bonds is 6. The van der Waals surface area contributed by atoms with Crippen LogP contribution in [-0.4, -0.2) is 33.4 Å². The molecular weight excluding hydrogens is 232 g/mol. The molecule has 0 aliphatic carbocycles. The second-order valence-electron chi connectivity index (χ2n) is 3.79. The largest absolute Gasteiger partial charge is 0.478 e. The van der Waals surface area contributed by atoms with Crippen molar-refractivity contribution in [1.29, 1.82) is 0 Å². The lowest BCUT2D eigenvalue weighted by Crippen LogP contribution is -2.29. The van der Waals surface area contributed by atoms with Crippen molar-refractivity contribution in [2.75, 3.05) is 6.54 Å². The topological polar surface area (TPSA) is 70.5 Å². The van der Waals surface area contributed by atoms with Crippen LogP contribution in [0.4, 0.5) is 0 Å². The Morgan fingerprint density at radius 1 is 1.44 bits per heavy atom. The average molecular weight is 248 g/mol. The van der Waals surface area contributed by atoms with Crippen molar-refractivity contribution < 1.29 is 14.7 Å². The minimum Gasteiger partial charge on any atom is -0.478 e. The zero-order valence-electron chi connectivity index (χ0n) is 10.2. The van der Waals surface area contributed by atoms with Gasteiger partial charge in [0, 0.05) is 37.6 Å². The number of carboxylic acid groups (broad SMARTS) is 1. The molecule has 0 radical (unpaired) electrons. The number of carboxylic acids is 1. The number of carbonyl (C=O) groups excluding carboxylic acids is 1. The molecule has 1 heterocycles. The highest BCUT2D eigenvalue weighted by Gasteiger charge is 2.10. The molecular formula is C13H16N2O3. The van der Waals surface area contributed by atoms with Crippen LogP contribution in [-0.2, 0) is 16.1 Å². The van der Waals surface area contributed by atoms with E-state index in [0.29, 0.717) is 13.1 Å². The molecule has 0 fully saturated rings. The Labute approximate surface area is 106 Å². The van der Waals surface area contributed by atoms with Crippen LogP contribution in [0, 0.1) is 0 Å². The van der Waals surface area contributed by atoms with Crippen LogP contribution in [0.3, 0.4) is 0 Å². The van der Waals surface area contributed by atoms with Crippen molar-refractivity contribution in [2.45, 2.75) is 19.9 Å². The summed E-state index contributed by atoms with van der Waals surface area (Å²) >= 11 is 0. The first-order chi connectivity index (χ1) is 8.63. The van der Waals surface area contributed by atoms with Gasteiger partial charge in [-0.25, -0.2) is 4.79 Å². The van der Waals surface area contributed by atoms with Gasteiger partial charge in [0.25, 0.3) is 0 Å². The van der Waals surface area contributed by atoms with Gasteiger partial charge >= 0.3 is 5.97 Å². The Balaban J connectivity index is 2.70. The zero-order chi connectivity index (χ0) is 13.4. The number of amides is 1. The molecule has 0 aliphatic heterocycles. The molecule has 0 bridgehead atoms. The van der Waals surface area contributed by atoms with Crippen LogP contribution in [0.2, 0.25) is 0 Å². The standard InChI is InChI=1S/C13H16N2O3/c1-2-8-15(12(16)5-6-13(17)18)10-11-4-3-7-14-9-11/h3-7,9H,2,8,10H2,1H3,(H,17,18)/b6-5+. The van der Waals surface area contributed by atoms with E-state index in [9.17, 15) is 9.59 Å². The van der Waals surface area contributed by atoms with Gasteiger partial charge in [-0.2, -0.15) is 0 Å². The molecule has 5 heteroatoms. The summed E-state index contributed by atoms with van der Waals surface area (Å²) in [5.41, 5.74) is 0.919. The highest BCUT2D eigenvalue weighted by Crippen LogP contribution is 2.04. The van der Waals surface area contributed by atoms with Gasteiger partial charge in [0.1, 0.15) is 0 Å². The van der Waals surface area contributed by atoms with E-state index in [2.05, 4.69) is 4.98 Å². The third-order valence-electron chi connectivity index (χ3n) is 2.27. The van der Waals surface area contributed by atoms with E-state index in [1.54, 1.807) is 23.4 Å². The summed E-state index contributed by atoms with van der Waals surface area (Å²) in [6.45, 7) is 2.98. The van der Waals surface area contributed by atoms with Crippen LogP contribution in [0.25, 0.3) is 0 Å². The number of hydrogen-bond acceptors (Lipinski definition) is 3.